The maximum absolute atomic E-state index is 11.4. The molecule has 1 unspecified atom stereocenters. The van der Waals surface area contributed by atoms with Crippen LogP contribution in [-0.4, -0.2) is 47.2 Å². The van der Waals surface area contributed by atoms with Gasteiger partial charge in [-0.05, 0) is 46.2 Å². The van der Waals surface area contributed by atoms with E-state index in [0.29, 0.717) is 19.0 Å². The van der Waals surface area contributed by atoms with Crippen LogP contribution in [0.2, 0.25) is 0 Å². The van der Waals surface area contributed by atoms with Crippen molar-refractivity contribution < 1.29 is 9.90 Å². The number of carboxylic acids is 1. The Kier molecular flexibility index (Phi) is 4.74. The van der Waals surface area contributed by atoms with E-state index in [1.54, 1.807) is 0 Å². The van der Waals surface area contributed by atoms with Gasteiger partial charge < -0.3 is 15.3 Å². The molecule has 0 aromatic heterocycles. The van der Waals surface area contributed by atoms with Gasteiger partial charge in [0.15, 0.2) is 0 Å². The van der Waals surface area contributed by atoms with Crippen molar-refractivity contribution in [2.45, 2.75) is 51.6 Å². The van der Waals surface area contributed by atoms with E-state index < -0.39 is 11.5 Å². The standard InChI is InChI=1S/C12H24N2O2/c1-4-13-12(11(15)16)6-5-8-14(9-7-12)10(2)3/h10,13H,4-9H2,1-3H3,(H,15,16). The van der Waals surface area contributed by atoms with Crippen LogP contribution in [0.5, 0.6) is 0 Å². The smallest absolute Gasteiger partial charge is 0.323 e. The molecule has 16 heavy (non-hydrogen) atoms. The fourth-order valence-corrected chi connectivity index (χ4v) is 2.48. The topological polar surface area (TPSA) is 52.6 Å². The summed E-state index contributed by atoms with van der Waals surface area (Å²) in [6.45, 7) is 8.90. The molecular weight excluding hydrogens is 204 g/mol. The minimum absolute atomic E-state index is 0.506. The average molecular weight is 228 g/mol. The molecule has 0 radical (unpaired) electrons. The summed E-state index contributed by atoms with van der Waals surface area (Å²) >= 11 is 0. The second kappa shape index (κ2) is 5.64. The molecule has 1 fully saturated rings. The fraction of sp³-hybridized carbons (Fsp3) is 0.917. The third-order valence-corrected chi connectivity index (χ3v) is 3.53. The first-order chi connectivity index (χ1) is 7.52. The van der Waals surface area contributed by atoms with Crippen molar-refractivity contribution >= 4 is 5.97 Å². The molecule has 0 aromatic carbocycles. The molecule has 94 valence electrons. The number of nitrogens with zero attached hydrogens (tertiary/aromatic N) is 1. The van der Waals surface area contributed by atoms with Gasteiger partial charge in [-0.3, -0.25) is 4.79 Å². The van der Waals surface area contributed by atoms with Gasteiger partial charge in [0.1, 0.15) is 5.54 Å². The molecule has 1 aliphatic rings. The third-order valence-electron chi connectivity index (χ3n) is 3.53. The number of likely N-dealkylation sites (tertiary alicyclic amines) is 1. The lowest BCUT2D eigenvalue weighted by Gasteiger charge is -2.29. The zero-order chi connectivity index (χ0) is 12.2. The quantitative estimate of drug-likeness (QED) is 0.762. The van der Waals surface area contributed by atoms with Crippen LogP contribution in [0.1, 0.15) is 40.0 Å². The molecular formula is C12H24N2O2. The molecule has 0 saturated carbocycles. The summed E-state index contributed by atoms with van der Waals surface area (Å²) in [5.74, 6) is -0.694. The number of carbonyl (C=O) groups is 1. The lowest BCUT2D eigenvalue weighted by Crippen LogP contribution is -2.52. The number of aliphatic carboxylic acids is 1. The largest absolute Gasteiger partial charge is 0.480 e. The van der Waals surface area contributed by atoms with E-state index in [1.165, 1.54) is 0 Å². The van der Waals surface area contributed by atoms with Crippen molar-refractivity contribution in [3.63, 3.8) is 0 Å². The molecule has 1 atom stereocenters. The van der Waals surface area contributed by atoms with Crippen LogP contribution in [0, 0.1) is 0 Å². The van der Waals surface area contributed by atoms with Gasteiger partial charge in [-0.2, -0.15) is 0 Å². The maximum Gasteiger partial charge on any atom is 0.323 e. The molecule has 0 spiro atoms. The van der Waals surface area contributed by atoms with Gasteiger partial charge in [0.2, 0.25) is 0 Å². The second-order valence-electron chi connectivity index (χ2n) is 4.90. The van der Waals surface area contributed by atoms with Gasteiger partial charge in [-0.25, -0.2) is 0 Å². The molecule has 0 aromatic rings. The predicted octanol–water partition coefficient (Wildman–Crippen LogP) is 1.31. The molecule has 0 amide bonds. The van der Waals surface area contributed by atoms with Crippen LogP contribution >= 0.6 is 0 Å². The van der Waals surface area contributed by atoms with Gasteiger partial charge in [0, 0.05) is 12.6 Å². The minimum Gasteiger partial charge on any atom is -0.480 e. The van der Waals surface area contributed by atoms with Gasteiger partial charge >= 0.3 is 5.97 Å². The summed E-state index contributed by atoms with van der Waals surface area (Å²) in [6, 6.07) is 0.506. The number of hydrogen-bond acceptors (Lipinski definition) is 3. The summed E-state index contributed by atoms with van der Waals surface area (Å²) in [7, 11) is 0. The second-order valence-corrected chi connectivity index (χ2v) is 4.90. The van der Waals surface area contributed by atoms with Crippen LogP contribution in [0.15, 0.2) is 0 Å². The Morgan fingerprint density at radius 2 is 2.12 bits per heavy atom. The van der Waals surface area contributed by atoms with E-state index in [1.807, 2.05) is 6.92 Å². The highest BCUT2D eigenvalue weighted by Crippen LogP contribution is 2.23. The average Bonchev–Trinajstić information content (AvgIpc) is 2.42. The summed E-state index contributed by atoms with van der Waals surface area (Å²) in [6.07, 6.45) is 2.39. The SMILES string of the molecule is CCNC1(C(=O)O)CCCN(C(C)C)CC1. The van der Waals surface area contributed by atoms with E-state index in [0.717, 1.165) is 25.9 Å². The van der Waals surface area contributed by atoms with Crippen LogP contribution in [0.25, 0.3) is 0 Å². The molecule has 1 aliphatic heterocycles. The summed E-state index contributed by atoms with van der Waals surface area (Å²) in [4.78, 5) is 13.8. The summed E-state index contributed by atoms with van der Waals surface area (Å²) in [5, 5.41) is 12.6. The van der Waals surface area contributed by atoms with Crippen molar-refractivity contribution in [2.24, 2.45) is 0 Å². The molecule has 1 saturated heterocycles. The first-order valence-electron chi connectivity index (χ1n) is 6.24. The maximum atomic E-state index is 11.4. The highest BCUT2D eigenvalue weighted by Gasteiger charge is 2.39. The van der Waals surface area contributed by atoms with Crippen LogP contribution in [0.3, 0.4) is 0 Å². The lowest BCUT2D eigenvalue weighted by molar-refractivity contribution is -0.145. The molecule has 4 heteroatoms. The highest BCUT2D eigenvalue weighted by molar-refractivity contribution is 5.78. The molecule has 4 nitrogen and oxygen atoms in total. The van der Waals surface area contributed by atoms with E-state index in [-0.39, 0.29) is 0 Å². The highest BCUT2D eigenvalue weighted by atomic mass is 16.4. The Hall–Kier alpha value is -0.610. The van der Waals surface area contributed by atoms with Gasteiger partial charge in [-0.1, -0.05) is 6.92 Å². The number of hydrogen-bond donors (Lipinski definition) is 2. The molecule has 1 heterocycles. The van der Waals surface area contributed by atoms with E-state index in [2.05, 4.69) is 24.1 Å². The van der Waals surface area contributed by atoms with Crippen molar-refractivity contribution in [3.05, 3.63) is 0 Å². The van der Waals surface area contributed by atoms with Gasteiger partial charge in [-0.15, -0.1) is 0 Å². The van der Waals surface area contributed by atoms with Crippen LogP contribution < -0.4 is 5.32 Å². The minimum atomic E-state index is -0.696. The van der Waals surface area contributed by atoms with E-state index >= 15 is 0 Å². The Labute approximate surface area is 98.0 Å². The molecule has 1 rings (SSSR count). The zero-order valence-electron chi connectivity index (χ0n) is 10.6. The monoisotopic (exact) mass is 228 g/mol. The van der Waals surface area contributed by atoms with Crippen molar-refractivity contribution in [1.82, 2.24) is 10.2 Å². The Bertz CT molecular complexity index is 243. The van der Waals surface area contributed by atoms with Crippen LogP contribution in [-0.2, 0) is 4.79 Å². The molecule has 2 N–H and O–H groups in total. The Balaban J connectivity index is 2.71. The number of carboxylic acid groups (broad SMARTS) is 1. The van der Waals surface area contributed by atoms with E-state index in [9.17, 15) is 9.90 Å². The van der Waals surface area contributed by atoms with E-state index in [4.69, 9.17) is 0 Å². The number of rotatable bonds is 4. The zero-order valence-corrected chi connectivity index (χ0v) is 10.6. The number of nitrogens with one attached hydrogen (secondary N) is 1. The summed E-state index contributed by atoms with van der Waals surface area (Å²) in [5.41, 5.74) is -0.696. The molecule has 0 aliphatic carbocycles. The normalized spacial score (nSPS) is 28.0. The first-order valence-corrected chi connectivity index (χ1v) is 6.24. The van der Waals surface area contributed by atoms with Crippen molar-refractivity contribution in [3.8, 4) is 0 Å². The van der Waals surface area contributed by atoms with Crippen molar-refractivity contribution in [1.29, 1.82) is 0 Å². The Morgan fingerprint density at radius 1 is 1.44 bits per heavy atom. The lowest BCUT2D eigenvalue weighted by atomic mass is 9.90. The van der Waals surface area contributed by atoms with Crippen molar-refractivity contribution in [2.75, 3.05) is 19.6 Å². The molecule has 0 bridgehead atoms. The van der Waals surface area contributed by atoms with Crippen LogP contribution in [0.4, 0.5) is 0 Å². The Morgan fingerprint density at radius 3 is 2.62 bits per heavy atom. The predicted molar refractivity (Wildman–Crippen MR) is 64.6 cm³/mol. The van der Waals surface area contributed by atoms with Gasteiger partial charge in [0.25, 0.3) is 0 Å². The number of likely N-dealkylation sites (N-methyl/N-ethyl adjacent to an activating group) is 1. The summed E-state index contributed by atoms with van der Waals surface area (Å²) < 4.78 is 0. The fourth-order valence-electron chi connectivity index (χ4n) is 2.48. The third kappa shape index (κ3) is 2.95. The first kappa shape index (κ1) is 13.5. The van der Waals surface area contributed by atoms with Gasteiger partial charge in [0.05, 0.1) is 0 Å².